The van der Waals surface area contributed by atoms with E-state index in [4.69, 9.17) is 4.74 Å². The van der Waals surface area contributed by atoms with Crippen molar-refractivity contribution < 1.29 is 9.53 Å². The van der Waals surface area contributed by atoms with Crippen molar-refractivity contribution in [2.75, 3.05) is 19.7 Å². The lowest BCUT2D eigenvalue weighted by atomic mass is 9.97. The van der Waals surface area contributed by atoms with Gasteiger partial charge in [-0.3, -0.25) is 0 Å². The smallest absolute Gasteiger partial charge is 0.409 e. The summed E-state index contributed by atoms with van der Waals surface area (Å²) >= 11 is 1.79. The fourth-order valence-corrected chi connectivity index (χ4v) is 3.82. The highest BCUT2D eigenvalue weighted by Crippen LogP contribution is 2.24. The Morgan fingerprint density at radius 3 is 2.73 bits per heavy atom. The lowest BCUT2D eigenvalue weighted by Gasteiger charge is -2.24. The molecule has 1 aliphatic rings. The molecule has 0 spiro atoms. The summed E-state index contributed by atoms with van der Waals surface area (Å²) in [6, 6.07) is 10.8. The van der Waals surface area contributed by atoms with E-state index in [0.29, 0.717) is 6.61 Å². The molecule has 1 aliphatic heterocycles. The lowest BCUT2D eigenvalue weighted by molar-refractivity contribution is 0.108. The van der Waals surface area contributed by atoms with E-state index in [1.165, 1.54) is 21.6 Å². The minimum absolute atomic E-state index is 0.196. The van der Waals surface area contributed by atoms with Crippen LogP contribution in [-0.4, -0.2) is 30.7 Å². The third-order valence-corrected chi connectivity index (χ3v) is 5.15. The van der Waals surface area contributed by atoms with E-state index in [-0.39, 0.29) is 6.09 Å². The maximum Gasteiger partial charge on any atom is 0.409 e. The van der Waals surface area contributed by atoms with Crippen LogP contribution in [0.3, 0.4) is 0 Å². The van der Waals surface area contributed by atoms with Crippen LogP contribution in [0.5, 0.6) is 0 Å². The molecule has 1 aromatic carbocycles. The highest BCUT2D eigenvalue weighted by molar-refractivity contribution is 7.10. The van der Waals surface area contributed by atoms with Gasteiger partial charge in [-0.25, -0.2) is 4.79 Å². The molecular weight excluding hydrogens is 294 g/mol. The minimum Gasteiger partial charge on any atom is -0.450 e. The average Bonchev–Trinajstić information content (AvgIpc) is 2.96. The van der Waals surface area contributed by atoms with Crippen molar-refractivity contribution in [3.05, 3.63) is 57.3 Å². The highest BCUT2D eigenvalue weighted by Gasteiger charge is 2.18. The molecule has 22 heavy (non-hydrogen) atoms. The zero-order chi connectivity index (χ0) is 15.4. The first-order valence-corrected chi connectivity index (χ1v) is 8.69. The molecule has 2 aromatic rings. The molecule has 0 atom stereocenters. The Hall–Kier alpha value is -1.81. The average molecular weight is 315 g/mol. The first-order valence-electron chi connectivity index (χ1n) is 7.81. The zero-order valence-corrected chi connectivity index (χ0v) is 13.7. The predicted molar refractivity (Wildman–Crippen MR) is 89.6 cm³/mol. The number of fused-ring (bicyclic) bond motifs is 2. The maximum atomic E-state index is 12.1. The molecule has 2 heterocycles. The molecule has 1 amide bonds. The van der Waals surface area contributed by atoms with E-state index in [0.717, 1.165) is 32.4 Å². The van der Waals surface area contributed by atoms with E-state index in [1.807, 2.05) is 11.8 Å². The number of ether oxygens (including phenoxy) is 1. The normalized spacial score (nSPS) is 14.9. The Kier molecular flexibility index (Phi) is 4.78. The van der Waals surface area contributed by atoms with Crippen LogP contribution < -0.4 is 0 Å². The number of thiophene rings is 1. The number of benzene rings is 1. The van der Waals surface area contributed by atoms with Gasteiger partial charge in [0.1, 0.15) is 0 Å². The fourth-order valence-electron chi connectivity index (χ4n) is 2.92. The van der Waals surface area contributed by atoms with E-state index >= 15 is 0 Å². The standard InChI is InChI=1S/C18H21NO2S/c1-2-21-18(20)19-10-7-14-5-3-4-6-15(14)13-16-9-12-22-17(16)8-11-19/h3-6,9,12H,2,7-8,10-11,13H2,1H3. The molecule has 0 radical (unpaired) electrons. The molecule has 0 bridgehead atoms. The van der Waals surface area contributed by atoms with Gasteiger partial charge in [-0.2, -0.15) is 0 Å². The Morgan fingerprint density at radius 2 is 1.91 bits per heavy atom. The van der Waals surface area contributed by atoms with Gasteiger partial charge in [0.15, 0.2) is 0 Å². The van der Waals surface area contributed by atoms with Crippen LogP contribution in [0.4, 0.5) is 4.79 Å². The first-order chi connectivity index (χ1) is 10.8. The van der Waals surface area contributed by atoms with Crippen LogP contribution in [0.2, 0.25) is 0 Å². The van der Waals surface area contributed by atoms with Crippen molar-refractivity contribution in [2.24, 2.45) is 0 Å². The molecule has 0 N–H and O–H groups in total. The zero-order valence-electron chi connectivity index (χ0n) is 12.9. The Bertz CT molecular complexity index is 650. The van der Waals surface area contributed by atoms with Crippen molar-refractivity contribution in [1.82, 2.24) is 4.90 Å². The Labute approximate surface area is 135 Å². The maximum absolute atomic E-state index is 12.1. The molecule has 0 unspecified atom stereocenters. The quantitative estimate of drug-likeness (QED) is 0.799. The Morgan fingerprint density at radius 1 is 1.14 bits per heavy atom. The van der Waals surface area contributed by atoms with Gasteiger partial charge < -0.3 is 9.64 Å². The monoisotopic (exact) mass is 315 g/mol. The van der Waals surface area contributed by atoms with Crippen molar-refractivity contribution in [1.29, 1.82) is 0 Å². The second-order valence-corrected chi connectivity index (χ2v) is 6.50. The second kappa shape index (κ2) is 6.97. The number of carbonyl (C=O) groups is 1. The summed E-state index contributed by atoms with van der Waals surface area (Å²) in [5.41, 5.74) is 4.09. The predicted octanol–water partition coefficient (Wildman–Crippen LogP) is 3.90. The summed E-state index contributed by atoms with van der Waals surface area (Å²) in [5, 5.41) is 2.15. The van der Waals surface area contributed by atoms with Gasteiger partial charge in [-0.05, 0) is 54.3 Å². The molecule has 1 aromatic heterocycles. The molecule has 4 heteroatoms. The van der Waals surface area contributed by atoms with Crippen molar-refractivity contribution in [3.8, 4) is 0 Å². The van der Waals surface area contributed by atoms with Crippen molar-refractivity contribution in [2.45, 2.75) is 26.2 Å². The van der Waals surface area contributed by atoms with Gasteiger partial charge in [0.2, 0.25) is 0 Å². The summed E-state index contributed by atoms with van der Waals surface area (Å²) in [5.74, 6) is 0. The van der Waals surface area contributed by atoms with Gasteiger partial charge in [0.25, 0.3) is 0 Å². The number of hydrogen-bond acceptors (Lipinski definition) is 3. The summed E-state index contributed by atoms with van der Waals surface area (Å²) in [6.45, 7) is 3.73. The topological polar surface area (TPSA) is 29.5 Å². The van der Waals surface area contributed by atoms with Gasteiger partial charge in [0, 0.05) is 18.0 Å². The number of carbonyl (C=O) groups excluding carboxylic acids is 1. The van der Waals surface area contributed by atoms with Gasteiger partial charge >= 0.3 is 6.09 Å². The fraction of sp³-hybridized carbons (Fsp3) is 0.389. The van der Waals surface area contributed by atoms with Gasteiger partial charge in [-0.1, -0.05) is 24.3 Å². The van der Waals surface area contributed by atoms with Gasteiger partial charge in [0.05, 0.1) is 6.61 Å². The van der Waals surface area contributed by atoms with E-state index in [9.17, 15) is 4.79 Å². The van der Waals surface area contributed by atoms with Crippen LogP contribution in [0.1, 0.15) is 28.5 Å². The first kappa shape index (κ1) is 15.1. The van der Waals surface area contributed by atoms with Crippen molar-refractivity contribution >= 4 is 17.4 Å². The van der Waals surface area contributed by atoms with Crippen LogP contribution >= 0.6 is 11.3 Å². The molecule has 0 saturated carbocycles. The molecular formula is C18H21NO2S. The third kappa shape index (κ3) is 3.33. The second-order valence-electron chi connectivity index (χ2n) is 5.50. The van der Waals surface area contributed by atoms with Crippen molar-refractivity contribution in [3.63, 3.8) is 0 Å². The number of nitrogens with zero attached hydrogens (tertiary/aromatic N) is 1. The summed E-state index contributed by atoms with van der Waals surface area (Å²) in [7, 11) is 0. The number of amides is 1. The minimum atomic E-state index is -0.196. The molecule has 0 saturated heterocycles. The highest BCUT2D eigenvalue weighted by atomic mass is 32.1. The third-order valence-electron chi connectivity index (χ3n) is 4.12. The summed E-state index contributed by atoms with van der Waals surface area (Å²) in [4.78, 5) is 15.4. The van der Waals surface area contributed by atoms with Gasteiger partial charge in [-0.15, -0.1) is 11.3 Å². The van der Waals surface area contributed by atoms with E-state index < -0.39 is 0 Å². The number of hydrogen-bond donors (Lipinski definition) is 0. The molecule has 0 fully saturated rings. The van der Waals surface area contributed by atoms with Crippen LogP contribution in [0.15, 0.2) is 35.7 Å². The molecule has 0 aliphatic carbocycles. The molecule has 3 rings (SSSR count). The number of rotatable bonds is 1. The van der Waals surface area contributed by atoms with E-state index in [1.54, 1.807) is 11.3 Å². The Balaban J connectivity index is 1.90. The largest absolute Gasteiger partial charge is 0.450 e. The molecule has 3 nitrogen and oxygen atoms in total. The van der Waals surface area contributed by atoms with Crippen LogP contribution in [0, 0.1) is 0 Å². The van der Waals surface area contributed by atoms with E-state index in [2.05, 4.69) is 35.7 Å². The lowest BCUT2D eigenvalue weighted by Crippen LogP contribution is -2.35. The molecule has 116 valence electrons. The van der Waals surface area contributed by atoms with Crippen LogP contribution in [-0.2, 0) is 24.0 Å². The summed E-state index contributed by atoms with van der Waals surface area (Å²) in [6.07, 6.45) is 2.59. The SMILES string of the molecule is CCOC(=O)N1CCc2ccccc2Cc2ccsc2CC1. The van der Waals surface area contributed by atoms with Crippen LogP contribution in [0.25, 0.3) is 0 Å². The summed E-state index contributed by atoms with van der Waals surface area (Å²) < 4.78 is 5.20.